The van der Waals surface area contributed by atoms with E-state index >= 15 is 0 Å². The van der Waals surface area contributed by atoms with E-state index in [4.69, 9.17) is 10.4 Å². The zero-order valence-corrected chi connectivity index (χ0v) is 12.2. The van der Waals surface area contributed by atoms with Crippen molar-refractivity contribution in [1.82, 2.24) is 0 Å². The van der Waals surface area contributed by atoms with Crippen molar-refractivity contribution in [3.8, 4) is 6.07 Å². The van der Waals surface area contributed by atoms with Gasteiger partial charge in [0, 0.05) is 5.69 Å². The minimum Gasteiger partial charge on any atom is -0.481 e. The predicted octanol–water partition coefficient (Wildman–Crippen LogP) is 2.05. The number of nitrogens with zero attached hydrogens (tertiary/aromatic N) is 1. The van der Waals surface area contributed by atoms with Gasteiger partial charge in [-0.1, -0.05) is 12.1 Å². The number of hydrogen-bond donors (Lipinski definition) is 2. The van der Waals surface area contributed by atoms with Crippen LogP contribution in [0.2, 0.25) is 0 Å². The lowest BCUT2D eigenvalue weighted by atomic mass is 10.1. The van der Waals surface area contributed by atoms with E-state index in [1.807, 2.05) is 6.07 Å². The summed E-state index contributed by atoms with van der Waals surface area (Å²) in [5.74, 6) is -0.953. The number of carboxylic acid groups (broad SMARTS) is 1. The van der Waals surface area contributed by atoms with E-state index in [1.165, 1.54) is 24.3 Å². The van der Waals surface area contributed by atoms with Crippen LogP contribution in [0.3, 0.4) is 0 Å². The summed E-state index contributed by atoms with van der Waals surface area (Å²) in [5.41, 5.74) is 0.907. The number of benzene rings is 1. The minimum atomic E-state index is -3.74. The highest BCUT2D eigenvalue weighted by molar-refractivity contribution is 7.94. The molecular weight excluding hydrogens is 312 g/mol. The Kier molecular flexibility index (Phi) is 4.26. The van der Waals surface area contributed by atoms with Gasteiger partial charge in [-0.3, -0.25) is 9.52 Å². The molecule has 1 aromatic carbocycles. The van der Waals surface area contributed by atoms with E-state index in [0.29, 0.717) is 16.1 Å². The van der Waals surface area contributed by atoms with Crippen molar-refractivity contribution in [2.75, 3.05) is 4.72 Å². The third kappa shape index (κ3) is 3.81. The molecular formula is C13H10N2O4S2. The molecule has 2 aromatic rings. The number of thiophene rings is 1. The van der Waals surface area contributed by atoms with Gasteiger partial charge in [-0.2, -0.15) is 5.26 Å². The molecule has 0 aliphatic carbocycles. The summed E-state index contributed by atoms with van der Waals surface area (Å²) in [6, 6.07) is 10.8. The van der Waals surface area contributed by atoms with Gasteiger partial charge in [0.2, 0.25) is 0 Å². The number of carboxylic acids is 1. The lowest BCUT2D eigenvalue weighted by Crippen LogP contribution is -2.11. The van der Waals surface area contributed by atoms with Crippen LogP contribution in [-0.4, -0.2) is 19.5 Å². The van der Waals surface area contributed by atoms with E-state index in [2.05, 4.69) is 4.72 Å². The molecule has 0 amide bonds. The van der Waals surface area contributed by atoms with Crippen molar-refractivity contribution in [2.45, 2.75) is 10.6 Å². The van der Waals surface area contributed by atoms with Gasteiger partial charge in [-0.15, -0.1) is 11.3 Å². The summed E-state index contributed by atoms with van der Waals surface area (Å²) in [7, 11) is -3.74. The van der Waals surface area contributed by atoms with Crippen LogP contribution in [0, 0.1) is 11.3 Å². The zero-order chi connectivity index (χ0) is 15.5. The average molecular weight is 322 g/mol. The molecule has 21 heavy (non-hydrogen) atoms. The molecule has 0 saturated heterocycles. The molecule has 0 spiro atoms. The molecule has 6 nitrogen and oxygen atoms in total. The fourth-order valence-electron chi connectivity index (χ4n) is 1.60. The molecule has 1 heterocycles. The van der Waals surface area contributed by atoms with Crippen LogP contribution in [0.1, 0.15) is 10.4 Å². The summed E-state index contributed by atoms with van der Waals surface area (Å²) < 4.78 is 26.6. The number of carbonyl (C=O) groups is 1. The highest BCUT2D eigenvalue weighted by atomic mass is 32.2. The molecule has 0 fully saturated rings. The first kappa shape index (κ1) is 15.0. The van der Waals surface area contributed by atoms with E-state index in [-0.39, 0.29) is 10.6 Å². The average Bonchev–Trinajstić information content (AvgIpc) is 2.90. The van der Waals surface area contributed by atoms with E-state index in [9.17, 15) is 13.2 Å². The van der Waals surface area contributed by atoms with Gasteiger partial charge in [0.15, 0.2) is 0 Å². The van der Waals surface area contributed by atoms with Crippen molar-refractivity contribution >= 4 is 33.0 Å². The lowest BCUT2D eigenvalue weighted by Gasteiger charge is -2.06. The molecule has 8 heteroatoms. The molecule has 0 atom stereocenters. The summed E-state index contributed by atoms with van der Waals surface area (Å²) in [6.45, 7) is 0. The Morgan fingerprint density at radius 2 is 1.90 bits per heavy atom. The Labute approximate surface area is 125 Å². The van der Waals surface area contributed by atoms with Crippen LogP contribution in [0.15, 0.2) is 40.6 Å². The van der Waals surface area contributed by atoms with E-state index in [0.717, 1.165) is 11.3 Å². The Bertz CT molecular complexity index is 801. The highest BCUT2D eigenvalue weighted by Crippen LogP contribution is 2.23. The van der Waals surface area contributed by atoms with Gasteiger partial charge in [-0.05, 0) is 29.8 Å². The van der Waals surface area contributed by atoms with Crippen LogP contribution < -0.4 is 4.72 Å². The standard InChI is InChI=1S/C13H10N2O4S2/c14-8-11-5-6-13(20-11)21(18,19)15-10-3-1-9(2-4-10)7-12(16)17/h1-6,15H,7H2,(H,16,17). The second-order valence-corrected chi connectivity index (χ2v) is 7.10. The number of anilines is 1. The predicted molar refractivity (Wildman–Crippen MR) is 77.6 cm³/mol. The maximum absolute atomic E-state index is 12.1. The van der Waals surface area contributed by atoms with Gasteiger partial charge in [0.05, 0.1) is 6.42 Å². The van der Waals surface area contributed by atoms with Crippen molar-refractivity contribution < 1.29 is 18.3 Å². The fourth-order valence-corrected chi connectivity index (χ4v) is 3.76. The topological polar surface area (TPSA) is 107 Å². The van der Waals surface area contributed by atoms with Gasteiger partial charge < -0.3 is 5.11 Å². The Morgan fingerprint density at radius 3 is 2.43 bits per heavy atom. The number of sulfonamides is 1. The Balaban J connectivity index is 2.17. The van der Waals surface area contributed by atoms with Crippen molar-refractivity contribution in [3.63, 3.8) is 0 Å². The van der Waals surface area contributed by atoms with Crippen molar-refractivity contribution in [3.05, 3.63) is 46.8 Å². The first-order valence-electron chi connectivity index (χ1n) is 5.74. The zero-order valence-electron chi connectivity index (χ0n) is 10.6. The van der Waals surface area contributed by atoms with Crippen molar-refractivity contribution in [1.29, 1.82) is 5.26 Å². The van der Waals surface area contributed by atoms with Crippen LogP contribution in [0.4, 0.5) is 5.69 Å². The van der Waals surface area contributed by atoms with E-state index < -0.39 is 16.0 Å². The maximum Gasteiger partial charge on any atom is 0.307 e. The maximum atomic E-state index is 12.1. The third-order valence-electron chi connectivity index (χ3n) is 2.52. The molecule has 0 aliphatic rings. The molecule has 0 unspecified atom stereocenters. The normalized spacial score (nSPS) is 10.8. The first-order chi connectivity index (χ1) is 9.90. The summed E-state index contributed by atoms with van der Waals surface area (Å²) in [4.78, 5) is 10.9. The Morgan fingerprint density at radius 1 is 1.24 bits per heavy atom. The second-order valence-electron chi connectivity index (χ2n) is 4.10. The first-order valence-corrected chi connectivity index (χ1v) is 8.04. The number of nitrogens with one attached hydrogen (secondary N) is 1. The van der Waals surface area contributed by atoms with Crippen LogP contribution >= 0.6 is 11.3 Å². The largest absolute Gasteiger partial charge is 0.481 e. The molecule has 0 saturated carbocycles. The molecule has 2 rings (SSSR count). The fraction of sp³-hybridized carbons (Fsp3) is 0.0769. The quantitative estimate of drug-likeness (QED) is 0.876. The van der Waals surface area contributed by atoms with Gasteiger partial charge in [-0.25, -0.2) is 8.42 Å². The number of nitriles is 1. The lowest BCUT2D eigenvalue weighted by molar-refractivity contribution is -0.136. The Hall–Kier alpha value is -2.37. The number of hydrogen-bond acceptors (Lipinski definition) is 5. The molecule has 0 radical (unpaired) electrons. The monoisotopic (exact) mass is 322 g/mol. The van der Waals surface area contributed by atoms with Crippen LogP contribution in [-0.2, 0) is 21.2 Å². The highest BCUT2D eigenvalue weighted by Gasteiger charge is 2.17. The second kappa shape index (κ2) is 5.95. The summed E-state index contributed by atoms with van der Waals surface area (Å²) >= 11 is 0.881. The van der Waals surface area contributed by atoms with Gasteiger partial charge in [0.1, 0.15) is 15.2 Å². The van der Waals surface area contributed by atoms with Crippen LogP contribution in [0.5, 0.6) is 0 Å². The SMILES string of the molecule is N#Cc1ccc(S(=O)(=O)Nc2ccc(CC(=O)O)cc2)s1. The summed E-state index contributed by atoms with van der Waals surface area (Å²) in [6.07, 6.45) is -0.122. The molecule has 108 valence electrons. The molecule has 0 bridgehead atoms. The van der Waals surface area contributed by atoms with Gasteiger partial charge in [0.25, 0.3) is 10.0 Å². The van der Waals surface area contributed by atoms with Crippen molar-refractivity contribution in [2.24, 2.45) is 0 Å². The molecule has 2 N–H and O–H groups in total. The molecule has 1 aromatic heterocycles. The summed E-state index contributed by atoms with van der Waals surface area (Å²) in [5, 5.41) is 17.4. The van der Waals surface area contributed by atoms with E-state index in [1.54, 1.807) is 12.1 Å². The number of aliphatic carboxylic acids is 1. The molecule has 0 aliphatic heterocycles. The number of rotatable bonds is 5. The van der Waals surface area contributed by atoms with Crippen LogP contribution in [0.25, 0.3) is 0 Å². The third-order valence-corrected chi connectivity index (χ3v) is 5.38. The smallest absolute Gasteiger partial charge is 0.307 e. The van der Waals surface area contributed by atoms with Gasteiger partial charge >= 0.3 is 5.97 Å². The minimum absolute atomic E-state index is 0.0497.